The van der Waals surface area contributed by atoms with Gasteiger partial charge in [-0.25, -0.2) is 9.78 Å². The molecule has 0 unspecified atom stereocenters. The van der Waals surface area contributed by atoms with Crippen LogP contribution in [0.4, 0.5) is 15.1 Å². The minimum absolute atomic E-state index is 0.0557. The van der Waals surface area contributed by atoms with Gasteiger partial charge in [0.05, 0.1) is 15.6 Å². The van der Waals surface area contributed by atoms with Crippen molar-refractivity contribution in [3.8, 4) is 5.88 Å². The van der Waals surface area contributed by atoms with Crippen molar-refractivity contribution in [2.45, 2.75) is 13.0 Å². The number of nitrogens with zero attached hydrogens (tertiary/aromatic N) is 3. The third kappa shape index (κ3) is 3.94. The maximum absolute atomic E-state index is 13.1. The normalized spacial score (nSPS) is 13.1. The third-order valence-electron chi connectivity index (χ3n) is 4.97. The zero-order chi connectivity index (χ0) is 21.4. The van der Waals surface area contributed by atoms with Crippen LogP contribution in [0.5, 0.6) is 5.88 Å². The molecule has 0 saturated carbocycles. The molecule has 3 heterocycles. The van der Waals surface area contributed by atoms with Crippen LogP contribution in [0, 0.1) is 0 Å². The number of benzene rings is 2. The highest BCUT2D eigenvalue weighted by Crippen LogP contribution is 2.32. The Balaban J connectivity index is 1.39. The molecule has 5 rings (SSSR count). The highest BCUT2D eigenvalue weighted by Gasteiger charge is 2.24. The summed E-state index contributed by atoms with van der Waals surface area (Å²) >= 11 is 2.75. The van der Waals surface area contributed by atoms with E-state index in [1.807, 2.05) is 47.4 Å². The van der Waals surface area contributed by atoms with Gasteiger partial charge in [-0.1, -0.05) is 35.6 Å². The number of ether oxygens (including phenoxy) is 1. The molecule has 2 N–H and O–H groups in total. The lowest BCUT2D eigenvalue weighted by Crippen LogP contribution is -2.32. The highest BCUT2D eigenvalue weighted by molar-refractivity contribution is 7.22. The molecular weight excluding hydrogens is 436 g/mol. The lowest BCUT2D eigenvalue weighted by atomic mass is 9.94. The van der Waals surface area contributed by atoms with Gasteiger partial charge in [-0.2, -0.15) is 4.98 Å². The van der Waals surface area contributed by atoms with Crippen molar-refractivity contribution in [1.29, 1.82) is 0 Å². The fourth-order valence-electron chi connectivity index (χ4n) is 3.58. The largest absolute Gasteiger partial charge is 0.512 e. The maximum atomic E-state index is 13.1. The molecule has 2 aromatic carbocycles. The summed E-state index contributed by atoms with van der Waals surface area (Å²) in [6, 6.07) is 13.5. The molecule has 4 aromatic rings. The molecule has 0 radical (unpaired) electrons. The quantitative estimate of drug-likeness (QED) is 0.435. The summed E-state index contributed by atoms with van der Waals surface area (Å²) in [4.78, 5) is 34.6. The van der Waals surface area contributed by atoms with E-state index in [1.165, 1.54) is 22.7 Å². The molecule has 0 spiro atoms. The van der Waals surface area contributed by atoms with Crippen molar-refractivity contribution in [3.63, 3.8) is 0 Å². The van der Waals surface area contributed by atoms with Gasteiger partial charge in [0.15, 0.2) is 10.3 Å². The first-order valence-corrected chi connectivity index (χ1v) is 11.2. The van der Waals surface area contributed by atoms with Crippen molar-refractivity contribution in [3.05, 3.63) is 64.5 Å². The summed E-state index contributed by atoms with van der Waals surface area (Å²) in [6.07, 6.45) is -0.638. The Morgan fingerprint density at radius 1 is 1.13 bits per heavy atom. The minimum Gasteiger partial charge on any atom is -0.449 e. The van der Waals surface area contributed by atoms with Crippen LogP contribution >= 0.6 is 22.7 Å². The van der Waals surface area contributed by atoms with E-state index in [1.54, 1.807) is 5.38 Å². The van der Waals surface area contributed by atoms with Crippen molar-refractivity contribution in [1.82, 2.24) is 9.97 Å². The van der Waals surface area contributed by atoms with Crippen molar-refractivity contribution >= 4 is 55.2 Å². The lowest BCUT2D eigenvalue weighted by molar-refractivity contribution is 0.102. The second-order valence-electron chi connectivity index (χ2n) is 6.89. The summed E-state index contributed by atoms with van der Waals surface area (Å²) in [5, 5.41) is 14.5. The van der Waals surface area contributed by atoms with E-state index < -0.39 is 6.16 Å². The van der Waals surface area contributed by atoms with Gasteiger partial charge in [-0.15, -0.1) is 11.3 Å². The molecule has 10 heteroatoms. The molecule has 1 amide bonds. The Morgan fingerprint density at radius 3 is 2.84 bits per heavy atom. The summed E-state index contributed by atoms with van der Waals surface area (Å²) < 4.78 is 5.64. The Bertz CT molecular complexity index is 1270. The van der Waals surface area contributed by atoms with Crippen LogP contribution in [0.2, 0.25) is 0 Å². The Labute approximate surface area is 184 Å². The van der Waals surface area contributed by atoms with Gasteiger partial charge in [-0.05, 0) is 35.7 Å². The number of amides is 1. The van der Waals surface area contributed by atoms with E-state index in [4.69, 9.17) is 5.11 Å². The van der Waals surface area contributed by atoms with Crippen molar-refractivity contribution in [2.24, 2.45) is 0 Å². The lowest BCUT2D eigenvalue weighted by Gasteiger charge is -2.29. The fourth-order valence-corrected chi connectivity index (χ4v) is 5.19. The number of aromatic nitrogens is 2. The van der Waals surface area contributed by atoms with Crippen LogP contribution in [0.15, 0.2) is 47.8 Å². The first kappa shape index (κ1) is 19.5. The van der Waals surface area contributed by atoms with E-state index in [0.717, 1.165) is 34.3 Å². The molecular formula is C21H16N4O4S2. The zero-order valence-electron chi connectivity index (χ0n) is 16.1. The van der Waals surface area contributed by atoms with Gasteiger partial charge < -0.3 is 14.7 Å². The predicted octanol–water partition coefficient (Wildman–Crippen LogP) is 4.62. The summed E-state index contributed by atoms with van der Waals surface area (Å²) in [5.41, 5.74) is 3.50. The van der Waals surface area contributed by atoms with E-state index in [0.29, 0.717) is 22.4 Å². The average molecular weight is 453 g/mol. The SMILES string of the molecule is O=C(O)Oc1csc(N2CCc3cccc(C(=O)Nc4nc5ccccc5s4)c3C2)n1. The standard InChI is InChI=1S/C21H16N4O4S2/c26-18(24-19-22-15-6-1-2-7-16(15)31-19)13-5-3-4-12-8-9-25(10-14(12)13)20-23-17(11-30-20)29-21(27)28/h1-7,11H,8-10H2,(H,27,28)(H,22,24,26). The number of carboxylic acid groups (broad SMARTS) is 1. The molecule has 0 bridgehead atoms. The van der Waals surface area contributed by atoms with E-state index in [2.05, 4.69) is 20.0 Å². The van der Waals surface area contributed by atoms with Crippen LogP contribution in [0.3, 0.4) is 0 Å². The van der Waals surface area contributed by atoms with Gasteiger partial charge in [-0.3, -0.25) is 10.1 Å². The molecule has 2 aromatic heterocycles. The zero-order valence-corrected chi connectivity index (χ0v) is 17.7. The topological polar surface area (TPSA) is 105 Å². The van der Waals surface area contributed by atoms with Crippen LogP contribution in [0.1, 0.15) is 21.5 Å². The number of anilines is 2. The second kappa shape index (κ2) is 7.97. The summed E-state index contributed by atoms with van der Waals surface area (Å²) in [5.74, 6) is -0.146. The van der Waals surface area contributed by atoms with Crippen molar-refractivity contribution < 1.29 is 19.4 Å². The van der Waals surface area contributed by atoms with E-state index in [-0.39, 0.29) is 11.8 Å². The second-order valence-corrected chi connectivity index (χ2v) is 8.76. The number of carbonyl (C=O) groups excluding carboxylic acids is 1. The van der Waals surface area contributed by atoms with Gasteiger partial charge >= 0.3 is 6.16 Å². The fraction of sp³-hybridized carbons (Fsp3) is 0.143. The molecule has 1 aliphatic rings. The van der Waals surface area contributed by atoms with Crippen LogP contribution in [-0.2, 0) is 13.0 Å². The van der Waals surface area contributed by atoms with Gasteiger partial charge in [0.2, 0.25) is 5.88 Å². The van der Waals surface area contributed by atoms with Gasteiger partial charge in [0.1, 0.15) is 0 Å². The predicted molar refractivity (Wildman–Crippen MR) is 120 cm³/mol. The Hall–Kier alpha value is -3.50. The molecule has 0 atom stereocenters. The number of para-hydroxylation sites is 1. The average Bonchev–Trinajstić information content (AvgIpc) is 3.38. The molecule has 31 heavy (non-hydrogen) atoms. The van der Waals surface area contributed by atoms with Crippen molar-refractivity contribution in [2.75, 3.05) is 16.8 Å². The van der Waals surface area contributed by atoms with E-state index >= 15 is 0 Å². The first-order chi connectivity index (χ1) is 15.1. The van der Waals surface area contributed by atoms with Crippen LogP contribution in [-0.4, -0.2) is 33.7 Å². The molecule has 156 valence electrons. The number of carbonyl (C=O) groups is 2. The molecule has 8 nitrogen and oxygen atoms in total. The molecule has 0 aliphatic carbocycles. The number of fused-ring (bicyclic) bond motifs is 2. The number of rotatable bonds is 4. The molecule has 0 fully saturated rings. The molecule has 0 saturated heterocycles. The third-order valence-corrected chi connectivity index (χ3v) is 6.80. The summed E-state index contributed by atoms with van der Waals surface area (Å²) in [6.45, 7) is 1.22. The maximum Gasteiger partial charge on any atom is 0.512 e. The first-order valence-electron chi connectivity index (χ1n) is 9.46. The monoisotopic (exact) mass is 452 g/mol. The minimum atomic E-state index is -1.39. The van der Waals surface area contributed by atoms with Gasteiger partial charge in [0.25, 0.3) is 5.91 Å². The number of hydrogen-bond acceptors (Lipinski definition) is 8. The molecule has 1 aliphatic heterocycles. The summed E-state index contributed by atoms with van der Waals surface area (Å²) in [7, 11) is 0. The highest BCUT2D eigenvalue weighted by atomic mass is 32.1. The number of nitrogens with one attached hydrogen (secondary N) is 1. The van der Waals surface area contributed by atoms with E-state index in [9.17, 15) is 9.59 Å². The van der Waals surface area contributed by atoms with Crippen LogP contribution < -0.4 is 15.0 Å². The Kier molecular flexibility index (Phi) is 5.00. The van der Waals surface area contributed by atoms with Gasteiger partial charge in [0, 0.05) is 18.7 Å². The Morgan fingerprint density at radius 2 is 2.00 bits per heavy atom. The number of hydrogen-bond donors (Lipinski definition) is 2. The smallest absolute Gasteiger partial charge is 0.449 e. The van der Waals surface area contributed by atoms with Crippen LogP contribution in [0.25, 0.3) is 10.2 Å². The number of thiazole rings is 2.